The van der Waals surface area contributed by atoms with Gasteiger partial charge in [-0.2, -0.15) is 0 Å². The zero-order chi connectivity index (χ0) is 23.8. The monoisotopic (exact) mass is 475 g/mol. The molecule has 0 atom stereocenters. The smallest absolute Gasteiger partial charge is 0.374 e. The van der Waals surface area contributed by atoms with E-state index in [9.17, 15) is 9.90 Å². The zero-order valence-electron chi connectivity index (χ0n) is 19.2. The van der Waals surface area contributed by atoms with Crippen LogP contribution in [-0.4, -0.2) is 44.2 Å². The Balaban J connectivity index is 1.71. The van der Waals surface area contributed by atoms with Gasteiger partial charge in [0, 0.05) is 30.7 Å². The average Bonchev–Trinajstić information content (AvgIpc) is 3.58. The van der Waals surface area contributed by atoms with E-state index in [1.165, 1.54) is 12.8 Å². The summed E-state index contributed by atoms with van der Waals surface area (Å²) in [5.41, 5.74) is 4.21. The van der Waals surface area contributed by atoms with Crippen LogP contribution >= 0.6 is 11.6 Å². The predicted molar refractivity (Wildman–Crippen MR) is 134 cm³/mol. The quantitative estimate of drug-likeness (QED) is 0.365. The van der Waals surface area contributed by atoms with Crippen LogP contribution in [0, 0.1) is 12.8 Å². The van der Waals surface area contributed by atoms with Gasteiger partial charge >= 0.3 is 5.97 Å². The Morgan fingerprint density at radius 2 is 1.91 bits per heavy atom. The van der Waals surface area contributed by atoms with Crippen LogP contribution in [0.1, 0.15) is 41.0 Å². The molecule has 4 aromatic rings. The number of nitrogens with zero attached hydrogens (tertiary/aromatic N) is 5. The largest absolute Gasteiger partial charge is 0.475 e. The number of carboxylic acids is 1. The fourth-order valence-corrected chi connectivity index (χ4v) is 4.32. The van der Waals surface area contributed by atoms with Crippen molar-refractivity contribution in [1.82, 2.24) is 19.5 Å². The highest BCUT2D eigenvalue weighted by Gasteiger charge is 2.26. The van der Waals surface area contributed by atoms with Gasteiger partial charge in [0.1, 0.15) is 11.3 Å². The number of hydrogen-bond donors (Lipinski definition) is 1. The van der Waals surface area contributed by atoms with Crippen molar-refractivity contribution in [3.8, 4) is 11.4 Å². The summed E-state index contributed by atoms with van der Waals surface area (Å²) < 4.78 is 2.09. The highest BCUT2D eigenvalue weighted by molar-refractivity contribution is 6.30. The summed E-state index contributed by atoms with van der Waals surface area (Å²) in [5, 5.41) is 10.4. The molecule has 8 heteroatoms. The van der Waals surface area contributed by atoms with Crippen LogP contribution < -0.4 is 4.90 Å². The summed E-state index contributed by atoms with van der Waals surface area (Å²) in [6.07, 6.45) is 3.58. The van der Waals surface area contributed by atoms with Gasteiger partial charge in [-0.3, -0.25) is 0 Å². The van der Waals surface area contributed by atoms with Gasteiger partial charge in [-0.25, -0.2) is 19.7 Å². The molecule has 0 saturated heterocycles. The zero-order valence-corrected chi connectivity index (χ0v) is 20.0. The minimum atomic E-state index is -1.16. The standard InChI is InChI=1S/C26H26ClN5O2/c1-16-4-3-5-19(14-16)24-29-22-21(32(24)15-18-8-10-20(27)11-9-18)25(30-23(28-22)26(33)34)31(2)13-12-17-6-7-17/h3-5,8-11,14,17H,6-7,12-13,15H2,1-2H3,(H,33,34). The first-order chi connectivity index (χ1) is 16.4. The predicted octanol–water partition coefficient (Wildman–Crippen LogP) is 5.44. The number of imidazole rings is 1. The molecule has 0 bridgehead atoms. The normalized spacial score (nSPS) is 13.4. The summed E-state index contributed by atoms with van der Waals surface area (Å²) >= 11 is 6.11. The van der Waals surface area contributed by atoms with Gasteiger partial charge in [0.25, 0.3) is 0 Å². The van der Waals surface area contributed by atoms with Gasteiger partial charge in [0.2, 0.25) is 5.82 Å². The Labute approximate surface area is 203 Å². The summed E-state index contributed by atoms with van der Waals surface area (Å²) in [4.78, 5) is 27.5. The van der Waals surface area contributed by atoms with Gasteiger partial charge < -0.3 is 14.6 Å². The minimum absolute atomic E-state index is 0.243. The third-order valence-electron chi connectivity index (χ3n) is 6.24. The van der Waals surface area contributed by atoms with Gasteiger partial charge in [-0.1, -0.05) is 60.3 Å². The van der Waals surface area contributed by atoms with E-state index in [2.05, 4.69) is 20.6 Å². The molecule has 1 fully saturated rings. The molecule has 2 heterocycles. The Bertz CT molecular complexity index is 1360. The molecular formula is C26H26ClN5O2. The van der Waals surface area contributed by atoms with Crippen LogP contribution in [0.25, 0.3) is 22.6 Å². The van der Waals surface area contributed by atoms with Crippen molar-refractivity contribution in [2.75, 3.05) is 18.5 Å². The molecule has 34 heavy (non-hydrogen) atoms. The fraction of sp³-hybridized carbons (Fsp3) is 0.308. The third-order valence-corrected chi connectivity index (χ3v) is 6.49. The Kier molecular flexibility index (Phi) is 5.96. The number of aromatic nitrogens is 4. The number of carbonyl (C=O) groups is 1. The molecule has 0 aliphatic heterocycles. The molecule has 0 spiro atoms. The second-order valence-corrected chi connectivity index (χ2v) is 9.46. The molecule has 1 aliphatic carbocycles. The van der Waals surface area contributed by atoms with E-state index in [0.717, 1.165) is 46.9 Å². The summed E-state index contributed by atoms with van der Waals surface area (Å²) in [5.74, 6) is 0.655. The molecule has 1 N–H and O–H groups in total. The molecule has 0 amide bonds. The molecule has 0 unspecified atom stereocenters. The van der Waals surface area contributed by atoms with Crippen LogP contribution in [0.3, 0.4) is 0 Å². The molecule has 7 nitrogen and oxygen atoms in total. The van der Waals surface area contributed by atoms with Crippen LogP contribution in [0.4, 0.5) is 5.82 Å². The molecule has 2 aromatic heterocycles. The van der Waals surface area contributed by atoms with Crippen molar-refractivity contribution in [1.29, 1.82) is 0 Å². The first-order valence-corrected chi connectivity index (χ1v) is 11.8. The summed E-state index contributed by atoms with van der Waals surface area (Å²) in [6.45, 7) is 3.35. The van der Waals surface area contributed by atoms with Crippen LogP contribution in [0.15, 0.2) is 48.5 Å². The van der Waals surface area contributed by atoms with Gasteiger partial charge in [-0.05, 0) is 43.0 Å². The molecule has 1 aliphatic rings. The number of hydrogen-bond acceptors (Lipinski definition) is 5. The van der Waals surface area contributed by atoms with Crippen molar-refractivity contribution < 1.29 is 9.90 Å². The maximum atomic E-state index is 11.8. The fourth-order valence-electron chi connectivity index (χ4n) is 4.20. The van der Waals surface area contributed by atoms with Crippen molar-refractivity contribution in [2.45, 2.75) is 32.7 Å². The molecule has 2 aromatic carbocycles. The molecule has 1 saturated carbocycles. The van der Waals surface area contributed by atoms with E-state index < -0.39 is 5.97 Å². The summed E-state index contributed by atoms with van der Waals surface area (Å²) in [6, 6.07) is 15.8. The number of rotatable bonds is 8. The topological polar surface area (TPSA) is 84.1 Å². The Morgan fingerprint density at radius 3 is 2.59 bits per heavy atom. The SMILES string of the molecule is Cc1cccc(-c2nc3nc(C(=O)O)nc(N(C)CCC4CC4)c3n2Cc2ccc(Cl)cc2)c1. The highest BCUT2D eigenvalue weighted by atomic mass is 35.5. The number of anilines is 1. The first-order valence-electron chi connectivity index (χ1n) is 11.4. The van der Waals surface area contributed by atoms with Crippen molar-refractivity contribution in [3.05, 3.63) is 70.5 Å². The number of fused-ring (bicyclic) bond motifs is 1. The maximum absolute atomic E-state index is 11.8. The van der Waals surface area contributed by atoms with Crippen molar-refractivity contribution in [3.63, 3.8) is 0 Å². The second kappa shape index (κ2) is 9.06. The second-order valence-electron chi connectivity index (χ2n) is 9.02. The maximum Gasteiger partial charge on any atom is 0.374 e. The lowest BCUT2D eigenvalue weighted by Gasteiger charge is -2.20. The van der Waals surface area contributed by atoms with Crippen molar-refractivity contribution in [2.24, 2.45) is 5.92 Å². The molecular weight excluding hydrogens is 450 g/mol. The lowest BCUT2D eigenvalue weighted by Crippen LogP contribution is -2.23. The summed E-state index contributed by atoms with van der Waals surface area (Å²) in [7, 11) is 1.96. The Morgan fingerprint density at radius 1 is 1.15 bits per heavy atom. The van der Waals surface area contributed by atoms with Gasteiger partial charge in [0.15, 0.2) is 11.5 Å². The van der Waals surface area contributed by atoms with Gasteiger partial charge in [0.05, 0.1) is 0 Å². The first kappa shape index (κ1) is 22.3. The van der Waals surface area contributed by atoms with Gasteiger partial charge in [-0.15, -0.1) is 0 Å². The Hall–Kier alpha value is -3.45. The number of aryl methyl sites for hydroxylation is 1. The molecule has 0 radical (unpaired) electrons. The lowest BCUT2D eigenvalue weighted by atomic mass is 10.1. The van der Waals surface area contributed by atoms with Crippen LogP contribution in [-0.2, 0) is 6.54 Å². The van der Waals surface area contributed by atoms with E-state index in [4.69, 9.17) is 16.6 Å². The number of carboxylic acid groups (broad SMARTS) is 1. The van der Waals surface area contributed by atoms with E-state index in [1.54, 1.807) is 0 Å². The van der Waals surface area contributed by atoms with Crippen LogP contribution in [0.2, 0.25) is 5.02 Å². The number of halogens is 1. The minimum Gasteiger partial charge on any atom is -0.475 e. The van der Waals surface area contributed by atoms with E-state index in [0.29, 0.717) is 23.0 Å². The average molecular weight is 476 g/mol. The molecule has 174 valence electrons. The van der Waals surface area contributed by atoms with Crippen LogP contribution in [0.5, 0.6) is 0 Å². The highest BCUT2D eigenvalue weighted by Crippen LogP contribution is 2.34. The number of benzene rings is 2. The number of aromatic carboxylic acids is 1. The van der Waals surface area contributed by atoms with Crippen molar-refractivity contribution >= 4 is 34.6 Å². The van der Waals surface area contributed by atoms with E-state index in [1.807, 2.05) is 61.3 Å². The third kappa shape index (κ3) is 4.61. The van der Waals surface area contributed by atoms with E-state index in [-0.39, 0.29) is 5.82 Å². The van der Waals surface area contributed by atoms with E-state index >= 15 is 0 Å². The molecule has 5 rings (SSSR count). The lowest BCUT2D eigenvalue weighted by molar-refractivity contribution is 0.0684.